The molecule has 2 aliphatic carbocycles. The van der Waals surface area contributed by atoms with Gasteiger partial charge in [-0.25, -0.2) is 0 Å². The van der Waals surface area contributed by atoms with E-state index in [1.54, 1.807) is 0 Å². The minimum absolute atomic E-state index is 0.0231. The van der Waals surface area contributed by atoms with E-state index in [-0.39, 0.29) is 5.92 Å². The van der Waals surface area contributed by atoms with E-state index in [4.69, 9.17) is 9.41 Å². The van der Waals surface area contributed by atoms with Crippen LogP contribution in [-0.4, -0.2) is 11.3 Å². The molecule has 2 atom stereocenters. The van der Waals surface area contributed by atoms with Crippen LogP contribution in [0.2, 0.25) is 0 Å². The van der Waals surface area contributed by atoms with Gasteiger partial charge in [0.25, 0.3) is 0 Å². The monoisotopic (exact) mass is 621 g/mol. The molecule has 2 heteroatoms. The maximum absolute atomic E-state index is 6.24. The van der Waals surface area contributed by atoms with Crippen molar-refractivity contribution in [3.63, 3.8) is 0 Å². The van der Waals surface area contributed by atoms with Gasteiger partial charge in [0.05, 0.1) is 5.71 Å². The second kappa shape index (κ2) is 9.00. The average Bonchev–Trinajstić information content (AvgIpc) is 3.63. The molecule has 1 aliphatic heterocycles. The molecule has 2 nitrogen and oxygen atoms in total. The SMILES string of the molecule is C1=C2c3ccccc3C(c3ccc4oc5ccccc5c4c3)=NC12[C@H]1c2c(ccc3ccccc23)-c2c1c1ccccc1c1ccccc21. The van der Waals surface area contributed by atoms with Gasteiger partial charge in [-0.2, -0.15) is 0 Å². The molecule has 1 unspecified atom stereocenters. The molecule has 226 valence electrons. The molecule has 0 saturated carbocycles. The molecule has 2 heterocycles. The van der Waals surface area contributed by atoms with Gasteiger partial charge in [-0.15, -0.1) is 0 Å². The lowest BCUT2D eigenvalue weighted by Gasteiger charge is -2.31. The van der Waals surface area contributed by atoms with Crippen LogP contribution in [0.15, 0.2) is 167 Å². The van der Waals surface area contributed by atoms with Crippen molar-refractivity contribution in [1.82, 2.24) is 0 Å². The molecule has 49 heavy (non-hydrogen) atoms. The lowest BCUT2D eigenvalue weighted by atomic mass is 9.77. The first-order chi connectivity index (χ1) is 24.3. The summed E-state index contributed by atoms with van der Waals surface area (Å²) in [7, 11) is 0. The minimum atomic E-state index is -0.507. The third-order valence-corrected chi connectivity index (χ3v) is 11.4. The molecule has 12 rings (SSSR count). The van der Waals surface area contributed by atoms with Crippen LogP contribution >= 0.6 is 0 Å². The Morgan fingerprint density at radius 3 is 1.98 bits per heavy atom. The summed E-state index contributed by atoms with van der Waals surface area (Å²) in [6.07, 6.45) is 2.46. The molecule has 8 aromatic carbocycles. The molecular weight excluding hydrogens is 595 g/mol. The van der Waals surface area contributed by atoms with Crippen LogP contribution in [0.4, 0.5) is 0 Å². The zero-order chi connectivity index (χ0) is 31.8. The van der Waals surface area contributed by atoms with Crippen molar-refractivity contribution in [2.75, 3.05) is 0 Å². The van der Waals surface area contributed by atoms with Crippen LogP contribution < -0.4 is 0 Å². The fraction of sp³-hybridized carbons (Fsp3) is 0.0426. The van der Waals surface area contributed by atoms with Crippen molar-refractivity contribution in [2.45, 2.75) is 11.5 Å². The number of fused-ring (bicyclic) bond motifs is 16. The van der Waals surface area contributed by atoms with Gasteiger partial charge in [0.2, 0.25) is 0 Å². The van der Waals surface area contributed by atoms with Crippen molar-refractivity contribution in [3.05, 3.63) is 186 Å². The predicted octanol–water partition coefficient (Wildman–Crippen LogP) is 11.8. The number of para-hydroxylation sites is 1. The number of hydrogen-bond acceptors (Lipinski definition) is 2. The summed E-state index contributed by atoms with van der Waals surface area (Å²) < 4.78 is 6.24. The number of hydrogen-bond donors (Lipinski definition) is 0. The second-order valence-electron chi connectivity index (χ2n) is 13.8. The zero-order valence-corrected chi connectivity index (χ0v) is 26.4. The van der Waals surface area contributed by atoms with Gasteiger partial charge < -0.3 is 4.42 Å². The maximum Gasteiger partial charge on any atom is 0.135 e. The molecule has 0 radical (unpaired) electrons. The van der Waals surface area contributed by atoms with E-state index in [0.29, 0.717) is 0 Å². The van der Waals surface area contributed by atoms with Crippen LogP contribution in [0, 0.1) is 0 Å². The van der Waals surface area contributed by atoms with Gasteiger partial charge in [0.15, 0.2) is 0 Å². The Morgan fingerprint density at radius 2 is 1.12 bits per heavy atom. The highest BCUT2D eigenvalue weighted by Crippen LogP contribution is 2.66. The van der Waals surface area contributed by atoms with Crippen LogP contribution in [-0.2, 0) is 0 Å². The molecule has 0 fully saturated rings. The van der Waals surface area contributed by atoms with E-state index in [9.17, 15) is 0 Å². The number of nitrogens with zero attached hydrogens (tertiary/aromatic N) is 1. The van der Waals surface area contributed by atoms with E-state index in [1.807, 2.05) is 12.1 Å². The Morgan fingerprint density at radius 1 is 0.469 bits per heavy atom. The first kappa shape index (κ1) is 25.8. The van der Waals surface area contributed by atoms with Gasteiger partial charge in [-0.05, 0) is 96.0 Å². The molecule has 9 aromatic rings. The Hall–Kier alpha value is -6.25. The Balaban J connectivity index is 1.19. The molecule has 1 aromatic heterocycles. The molecule has 0 bridgehead atoms. The predicted molar refractivity (Wildman–Crippen MR) is 203 cm³/mol. The third kappa shape index (κ3) is 3.24. The topological polar surface area (TPSA) is 25.5 Å². The fourth-order valence-corrected chi connectivity index (χ4v) is 9.30. The number of aliphatic imine (C=N–C) groups is 1. The quantitative estimate of drug-likeness (QED) is 0.176. The van der Waals surface area contributed by atoms with Gasteiger partial charge in [0, 0.05) is 27.8 Å². The molecule has 0 N–H and O–H groups in total. The summed E-state index contributed by atoms with van der Waals surface area (Å²) in [6, 6.07) is 55.3. The first-order valence-corrected chi connectivity index (χ1v) is 17.1. The number of furan rings is 1. The van der Waals surface area contributed by atoms with Crippen molar-refractivity contribution >= 4 is 65.5 Å². The van der Waals surface area contributed by atoms with Crippen molar-refractivity contribution in [1.29, 1.82) is 0 Å². The maximum atomic E-state index is 6.24. The summed E-state index contributed by atoms with van der Waals surface area (Å²) in [6.45, 7) is 0. The van der Waals surface area contributed by atoms with Gasteiger partial charge >= 0.3 is 0 Å². The van der Waals surface area contributed by atoms with Crippen LogP contribution in [0.1, 0.15) is 33.7 Å². The Bertz CT molecular complexity index is 3010. The summed E-state index contributed by atoms with van der Waals surface area (Å²) in [4.78, 5) is 5.94. The van der Waals surface area contributed by atoms with Crippen molar-refractivity contribution < 1.29 is 4.42 Å². The lowest BCUT2D eigenvalue weighted by molar-refractivity contribution is 0.665. The average molecular weight is 622 g/mol. The highest BCUT2D eigenvalue weighted by atomic mass is 16.3. The summed E-state index contributed by atoms with van der Waals surface area (Å²) in [5.41, 5.74) is 12.7. The van der Waals surface area contributed by atoms with Crippen LogP contribution in [0.5, 0.6) is 0 Å². The molecule has 0 saturated heterocycles. The first-order valence-electron chi connectivity index (χ1n) is 17.1. The highest BCUT2D eigenvalue weighted by molar-refractivity contribution is 6.24. The number of rotatable bonds is 2. The van der Waals surface area contributed by atoms with Crippen molar-refractivity contribution in [3.8, 4) is 11.1 Å². The molecular formula is C47H27NO. The lowest BCUT2D eigenvalue weighted by Crippen LogP contribution is -2.28. The van der Waals surface area contributed by atoms with E-state index in [2.05, 4.69) is 146 Å². The van der Waals surface area contributed by atoms with Gasteiger partial charge in [-0.3, -0.25) is 4.99 Å². The summed E-state index contributed by atoms with van der Waals surface area (Å²) in [5.74, 6) is 0.0231. The Labute approximate surface area is 282 Å². The highest BCUT2D eigenvalue weighted by Gasteiger charge is 2.58. The normalized spacial score (nSPS) is 18.7. The number of benzene rings is 8. The Kier molecular flexibility index (Phi) is 4.74. The molecule has 0 amide bonds. The second-order valence-corrected chi connectivity index (χ2v) is 13.8. The van der Waals surface area contributed by atoms with Crippen LogP contribution in [0.3, 0.4) is 0 Å². The summed E-state index contributed by atoms with van der Waals surface area (Å²) in [5, 5.41) is 10.1. The fourth-order valence-electron chi connectivity index (χ4n) is 9.30. The van der Waals surface area contributed by atoms with Crippen molar-refractivity contribution in [2.24, 2.45) is 4.99 Å². The van der Waals surface area contributed by atoms with E-state index < -0.39 is 5.54 Å². The van der Waals surface area contributed by atoms with E-state index >= 15 is 0 Å². The van der Waals surface area contributed by atoms with Crippen LogP contribution in [0.25, 0.3) is 71.0 Å². The molecule has 0 spiro atoms. The minimum Gasteiger partial charge on any atom is -0.456 e. The molecule has 3 aliphatic rings. The van der Waals surface area contributed by atoms with Gasteiger partial charge in [-0.1, -0.05) is 127 Å². The summed E-state index contributed by atoms with van der Waals surface area (Å²) >= 11 is 0. The van der Waals surface area contributed by atoms with E-state index in [1.165, 1.54) is 71.3 Å². The standard InChI is InChI=1S/C47H27NO/c1-2-12-29-27(11-1)21-23-37-42-34-17-6-3-13-30(34)31-14-4-7-18-35(31)44(42)45(43(29)37)47-26-39(47)32-15-5-8-19-36(32)46(48-47)28-22-24-41-38(25-28)33-16-9-10-20-40(33)49-41/h1-26,45H/t45-,47?/m0/s1. The zero-order valence-electron chi connectivity index (χ0n) is 26.4. The smallest absolute Gasteiger partial charge is 0.135 e. The van der Waals surface area contributed by atoms with Gasteiger partial charge in [0.1, 0.15) is 16.7 Å². The third-order valence-electron chi connectivity index (χ3n) is 11.4. The van der Waals surface area contributed by atoms with E-state index in [0.717, 1.165) is 33.2 Å². The largest absolute Gasteiger partial charge is 0.456 e.